The number of amides is 5. The van der Waals surface area contributed by atoms with Gasteiger partial charge in [-0.2, -0.15) is 0 Å². The average Bonchev–Trinajstić information content (AvgIpc) is 4.17. The summed E-state index contributed by atoms with van der Waals surface area (Å²) < 4.78 is 1.02. The van der Waals surface area contributed by atoms with Crippen LogP contribution < -0.4 is 19.6 Å². The Balaban J connectivity index is 0.000000146. The molecule has 4 fully saturated rings. The van der Waals surface area contributed by atoms with Crippen molar-refractivity contribution in [2.75, 3.05) is 19.6 Å². The molecule has 1 unspecified atom stereocenters. The minimum Gasteiger partial charge on any atom is -0.364 e. The Morgan fingerprint density at radius 3 is 1.30 bits per heavy atom. The van der Waals surface area contributed by atoms with E-state index in [2.05, 4.69) is 15.9 Å². The maximum Gasteiger partial charge on any atom is 0.336 e. The Labute approximate surface area is 390 Å². The molecule has 6 aromatic rings. The monoisotopic (exact) mass is 994 g/mol. The standard InChI is InChI=1S/C23H17Cl3N2O2.C17H12Cl2N2O2.C6H4BrCl/c24-16-4-8-19(9-5-16)27-21(29)28(20-10-6-17(25)7-11-20)23(30,22(27)12-13-22)15-2-1-3-18(26)14-15;18-11-1-5-13(6-2-11)20-15(22)17(9-10-17)21(16(20)23)14-7-3-12(19)4-8-14;7-5-2-1-3-6(8)4-5/h1-11,14,30H,12-13H2;1-8H,9-10H2;1-4H. The molecule has 0 bridgehead atoms. The fourth-order valence-electron chi connectivity index (χ4n) is 7.87. The summed E-state index contributed by atoms with van der Waals surface area (Å²) in [5.41, 5.74) is -0.163. The van der Waals surface area contributed by atoms with Gasteiger partial charge >= 0.3 is 12.1 Å². The van der Waals surface area contributed by atoms with Gasteiger partial charge in [0.25, 0.3) is 5.91 Å². The number of carbonyl (C=O) groups is 3. The van der Waals surface area contributed by atoms with E-state index in [1.807, 2.05) is 24.3 Å². The number of imide groups is 1. The quantitative estimate of drug-likeness (QED) is 0.174. The number of hydrogen-bond acceptors (Lipinski definition) is 4. The number of aliphatic hydroxyl groups is 1. The lowest BCUT2D eigenvalue weighted by atomic mass is 9.91. The largest absolute Gasteiger partial charge is 0.364 e. The maximum atomic E-state index is 13.8. The van der Waals surface area contributed by atoms with Crippen molar-refractivity contribution in [3.8, 4) is 0 Å². The molecular formula is C46H33BrCl6N4O4. The van der Waals surface area contributed by atoms with E-state index in [4.69, 9.17) is 69.6 Å². The Morgan fingerprint density at radius 2 is 0.885 bits per heavy atom. The van der Waals surface area contributed by atoms with Crippen LogP contribution in [0.1, 0.15) is 31.2 Å². The first-order valence-electron chi connectivity index (χ1n) is 18.9. The van der Waals surface area contributed by atoms with E-state index < -0.39 is 16.8 Å². The second-order valence-corrected chi connectivity index (χ2v) is 18.3. The summed E-state index contributed by atoms with van der Waals surface area (Å²) in [5.74, 6) is -0.181. The van der Waals surface area contributed by atoms with Crippen LogP contribution in [0.4, 0.5) is 32.3 Å². The molecule has 61 heavy (non-hydrogen) atoms. The van der Waals surface area contributed by atoms with Gasteiger partial charge in [-0.25, -0.2) is 14.5 Å². The van der Waals surface area contributed by atoms with Crippen molar-refractivity contribution >= 4 is 126 Å². The van der Waals surface area contributed by atoms with Crippen LogP contribution in [0, 0.1) is 0 Å². The zero-order chi connectivity index (χ0) is 43.3. The van der Waals surface area contributed by atoms with Crippen LogP contribution in [0.2, 0.25) is 30.1 Å². The van der Waals surface area contributed by atoms with Gasteiger partial charge in [0.2, 0.25) is 0 Å². The van der Waals surface area contributed by atoms with E-state index in [0.717, 1.165) is 9.50 Å². The van der Waals surface area contributed by atoms with Crippen molar-refractivity contribution in [2.24, 2.45) is 0 Å². The molecule has 1 atom stereocenters. The Morgan fingerprint density at radius 1 is 0.459 bits per heavy atom. The molecule has 2 spiro atoms. The van der Waals surface area contributed by atoms with E-state index in [0.29, 0.717) is 79.1 Å². The summed E-state index contributed by atoms with van der Waals surface area (Å²) in [6.45, 7) is 0. The van der Waals surface area contributed by atoms with Crippen LogP contribution in [0.25, 0.3) is 0 Å². The maximum absolute atomic E-state index is 13.8. The van der Waals surface area contributed by atoms with Crippen molar-refractivity contribution < 1.29 is 19.5 Å². The second-order valence-electron chi connectivity index (χ2n) is 14.8. The molecule has 15 heteroatoms. The predicted octanol–water partition coefficient (Wildman–Crippen LogP) is 14.1. The first-order valence-corrected chi connectivity index (χ1v) is 22.0. The lowest BCUT2D eigenvalue weighted by Gasteiger charge is -2.37. The van der Waals surface area contributed by atoms with E-state index in [1.54, 1.807) is 131 Å². The SMILES string of the molecule is Clc1cccc(Br)c1.O=C1N(c2ccc(Cl)cc2)C(=O)C2(CC2)N1c1ccc(Cl)cc1.O=C1N(c2ccc(Cl)cc2)C2(CC2)C(O)(c2cccc(Cl)c2)N1c1ccc(Cl)cc1. The van der Waals surface area contributed by atoms with Gasteiger partial charge in [-0.3, -0.25) is 19.5 Å². The van der Waals surface area contributed by atoms with Crippen LogP contribution in [-0.4, -0.2) is 34.2 Å². The van der Waals surface area contributed by atoms with Crippen LogP contribution in [0.15, 0.2) is 150 Å². The molecule has 4 aliphatic rings. The molecule has 310 valence electrons. The van der Waals surface area contributed by atoms with Gasteiger partial charge in [0, 0.05) is 57.2 Å². The predicted molar refractivity (Wildman–Crippen MR) is 250 cm³/mol. The van der Waals surface area contributed by atoms with E-state index >= 15 is 0 Å². The normalized spacial score (nSPS) is 19.2. The summed E-state index contributed by atoms with van der Waals surface area (Å²) in [4.78, 5) is 45.5. The second kappa shape index (κ2) is 17.1. The van der Waals surface area contributed by atoms with Gasteiger partial charge in [-0.1, -0.05) is 104 Å². The van der Waals surface area contributed by atoms with Crippen molar-refractivity contribution in [3.05, 3.63) is 186 Å². The van der Waals surface area contributed by atoms with Crippen LogP contribution in [0.5, 0.6) is 0 Å². The highest BCUT2D eigenvalue weighted by Gasteiger charge is 2.74. The summed E-state index contributed by atoms with van der Waals surface area (Å²) >= 11 is 39.1. The van der Waals surface area contributed by atoms with E-state index in [9.17, 15) is 19.5 Å². The Bertz CT molecular complexity index is 2610. The fraction of sp³-hybridized carbons (Fsp3) is 0.152. The molecule has 8 nitrogen and oxygen atoms in total. The highest BCUT2D eigenvalue weighted by atomic mass is 79.9. The minimum absolute atomic E-state index is 0.181. The van der Waals surface area contributed by atoms with Crippen LogP contribution >= 0.6 is 85.5 Å². The number of carbonyl (C=O) groups excluding carboxylic acids is 3. The fourth-order valence-corrected chi connectivity index (χ4v) is 9.29. The van der Waals surface area contributed by atoms with Gasteiger partial charge < -0.3 is 5.11 Å². The number of urea groups is 2. The number of nitrogens with zero attached hydrogens (tertiary/aromatic N) is 4. The highest BCUT2D eigenvalue weighted by Crippen LogP contribution is 2.62. The van der Waals surface area contributed by atoms with Gasteiger partial charge in [0.15, 0.2) is 5.72 Å². The van der Waals surface area contributed by atoms with E-state index in [-0.39, 0.29) is 18.0 Å². The molecule has 2 heterocycles. The molecule has 2 aliphatic heterocycles. The number of benzene rings is 6. The zero-order valence-electron chi connectivity index (χ0n) is 31.8. The minimum atomic E-state index is -1.61. The van der Waals surface area contributed by atoms with Crippen molar-refractivity contribution in [1.29, 1.82) is 0 Å². The Kier molecular flexibility index (Phi) is 12.2. The summed E-state index contributed by atoms with van der Waals surface area (Å²) in [6.07, 6.45) is 2.64. The van der Waals surface area contributed by atoms with Crippen LogP contribution in [0.3, 0.4) is 0 Å². The van der Waals surface area contributed by atoms with Gasteiger partial charge in [0.1, 0.15) is 11.1 Å². The van der Waals surface area contributed by atoms with Crippen molar-refractivity contribution in [2.45, 2.75) is 42.5 Å². The van der Waals surface area contributed by atoms with Crippen molar-refractivity contribution in [1.82, 2.24) is 0 Å². The Hall–Kier alpha value is -4.29. The molecule has 1 N–H and O–H groups in total. The van der Waals surface area contributed by atoms with Crippen molar-refractivity contribution in [3.63, 3.8) is 0 Å². The first-order chi connectivity index (χ1) is 29.2. The molecule has 2 saturated carbocycles. The molecule has 6 aromatic carbocycles. The number of hydrogen-bond donors (Lipinski definition) is 1. The summed E-state index contributed by atoms with van der Waals surface area (Å²) in [5, 5.41) is 15.8. The number of rotatable bonds is 5. The molecule has 10 rings (SSSR count). The third-order valence-corrected chi connectivity index (χ3v) is 13.0. The molecule has 0 radical (unpaired) electrons. The number of anilines is 4. The lowest BCUT2D eigenvalue weighted by Crippen LogP contribution is -2.51. The molecule has 2 saturated heterocycles. The van der Waals surface area contributed by atoms with Gasteiger partial charge in [-0.05, 0) is 153 Å². The average molecular weight is 998 g/mol. The van der Waals surface area contributed by atoms with Gasteiger partial charge in [0.05, 0.1) is 5.69 Å². The lowest BCUT2D eigenvalue weighted by molar-refractivity contribution is -0.118. The first kappa shape index (κ1) is 43.4. The van der Waals surface area contributed by atoms with E-state index in [1.165, 1.54) is 9.80 Å². The van der Waals surface area contributed by atoms with Crippen LogP contribution in [-0.2, 0) is 10.5 Å². The smallest absolute Gasteiger partial charge is 0.336 e. The summed E-state index contributed by atoms with van der Waals surface area (Å²) in [6, 6.07) is 41.5. The molecule has 0 aromatic heterocycles. The highest BCUT2D eigenvalue weighted by molar-refractivity contribution is 9.10. The third-order valence-electron chi connectivity index (χ3n) is 11.0. The summed E-state index contributed by atoms with van der Waals surface area (Å²) in [7, 11) is 0. The number of halogens is 7. The molecule has 2 aliphatic carbocycles. The molecular weight excluding hydrogens is 965 g/mol. The van der Waals surface area contributed by atoms with Gasteiger partial charge in [-0.15, -0.1) is 0 Å². The topological polar surface area (TPSA) is 84.4 Å². The third kappa shape index (κ3) is 8.12. The zero-order valence-corrected chi connectivity index (χ0v) is 37.9. The molecule has 5 amide bonds.